The Morgan fingerprint density at radius 1 is 1.55 bits per heavy atom. The number of thiazole rings is 1. The van der Waals surface area contributed by atoms with Gasteiger partial charge in [-0.25, -0.2) is 4.98 Å². The first-order chi connectivity index (χ1) is 9.61. The largest absolute Gasteiger partial charge is 0.349 e. The van der Waals surface area contributed by atoms with Gasteiger partial charge < -0.3 is 10.6 Å². The number of piperidine rings is 1. The topological polar surface area (TPSA) is 54.0 Å². The Kier molecular flexibility index (Phi) is 3.82. The van der Waals surface area contributed by atoms with Gasteiger partial charge in [-0.15, -0.1) is 11.3 Å². The Morgan fingerprint density at radius 3 is 2.95 bits per heavy atom. The van der Waals surface area contributed by atoms with Crippen molar-refractivity contribution < 1.29 is 4.79 Å². The van der Waals surface area contributed by atoms with Crippen LogP contribution in [0.15, 0.2) is 5.38 Å². The predicted octanol–water partition coefficient (Wildman–Crippen LogP) is 2.27. The summed E-state index contributed by atoms with van der Waals surface area (Å²) in [6.07, 6.45) is 3.38. The minimum atomic E-state index is 0.230. The highest BCUT2D eigenvalue weighted by atomic mass is 32.1. The van der Waals surface area contributed by atoms with E-state index >= 15 is 0 Å². The lowest BCUT2D eigenvalue weighted by Crippen LogP contribution is -2.33. The Morgan fingerprint density at radius 2 is 2.30 bits per heavy atom. The van der Waals surface area contributed by atoms with Crippen LogP contribution in [0.25, 0.3) is 0 Å². The molecule has 1 atom stereocenters. The standard InChI is InChI=1S/C15H23N3OS/c1-10(2)12-9-20-13(18-12)8-17-14(19)11-7-15(11)3-5-16-6-4-15/h9-11,16H,3-8H2,1-2H3,(H,17,19). The molecule has 0 bridgehead atoms. The molecule has 1 saturated heterocycles. The number of hydrogen-bond donors (Lipinski definition) is 2. The quantitative estimate of drug-likeness (QED) is 0.895. The van der Waals surface area contributed by atoms with Crippen LogP contribution in [-0.4, -0.2) is 24.0 Å². The molecule has 4 nitrogen and oxygen atoms in total. The molecule has 20 heavy (non-hydrogen) atoms. The second-order valence-corrected chi connectivity index (χ2v) is 7.35. The smallest absolute Gasteiger partial charge is 0.224 e. The Balaban J connectivity index is 1.50. The Hall–Kier alpha value is -0.940. The first kappa shape index (κ1) is 14.0. The van der Waals surface area contributed by atoms with Crippen molar-refractivity contribution in [2.45, 2.75) is 45.6 Å². The summed E-state index contributed by atoms with van der Waals surface area (Å²) < 4.78 is 0. The van der Waals surface area contributed by atoms with Crippen molar-refractivity contribution >= 4 is 17.2 Å². The molecule has 1 saturated carbocycles. The van der Waals surface area contributed by atoms with Gasteiger partial charge in [-0.2, -0.15) is 0 Å². The van der Waals surface area contributed by atoms with Crippen molar-refractivity contribution in [1.82, 2.24) is 15.6 Å². The van der Waals surface area contributed by atoms with Crippen molar-refractivity contribution in [3.8, 4) is 0 Å². The molecule has 1 aliphatic heterocycles. The van der Waals surface area contributed by atoms with Crippen molar-refractivity contribution in [1.29, 1.82) is 0 Å². The summed E-state index contributed by atoms with van der Waals surface area (Å²) in [6, 6.07) is 0. The summed E-state index contributed by atoms with van der Waals surface area (Å²) in [4.78, 5) is 16.8. The average Bonchev–Trinajstić information content (AvgIpc) is 2.92. The van der Waals surface area contributed by atoms with E-state index in [1.165, 1.54) is 0 Å². The number of rotatable bonds is 4. The van der Waals surface area contributed by atoms with Crippen molar-refractivity contribution in [3.05, 3.63) is 16.1 Å². The molecular formula is C15H23N3OS. The molecule has 1 aromatic rings. The van der Waals surface area contributed by atoms with Crippen LogP contribution >= 0.6 is 11.3 Å². The third kappa shape index (κ3) is 2.74. The van der Waals surface area contributed by atoms with Crippen LogP contribution in [0.5, 0.6) is 0 Å². The zero-order chi connectivity index (χ0) is 14.2. The number of carbonyl (C=O) groups is 1. The van der Waals surface area contributed by atoms with Gasteiger partial charge >= 0.3 is 0 Å². The molecule has 1 aromatic heterocycles. The summed E-state index contributed by atoms with van der Waals surface area (Å²) in [5, 5.41) is 9.55. The third-order valence-corrected chi connectivity index (χ3v) is 5.55. The molecule has 2 fully saturated rings. The van der Waals surface area contributed by atoms with Crippen LogP contribution in [0.1, 0.15) is 49.7 Å². The maximum atomic E-state index is 12.2. The average molecular weight is 293 g/mol. The lowest BCUT2D eigenvalue weighted by molar-refractivity contribution is -0.123. The molecule has 2 N–H and O–H groups in total. The van der Waals surface area contributed by atoms with E-state index in [9.17, 15) is 4.79 Å². The van der Waals surface area contributed by atoms with Crippen molar-refractivity contribution in [2.24, 2.45) is 11.3 Å². The van der Waals surface area contributed by atoms with Crippen LogP contribution in [0.2, 0.25) is 0 Å². The summed E-state index contributed by atoms with van der Waals surface area (Å²) in [7, 11) is 0. The number of nitrogens with zero attached hydrogens (tertiary/aromatic N) is 1. The van der Waals surface area contributed by atoms with Gasteiger partial charge in [0.05, 0.1) is 12.2 Å². The zero-order valence-corrected chi connectivity index (χ0v) is 13.1. The normalized spacial score (nSPS) is 24.1. The van der Waals surface area contributed by atoms with Gasteiger partial charge in [0, 0.05) is 11.3 Å². The van der Waals surface area contributed by atoms with Gasteiger partial charge in [0.2, 0.25) is 5.91 Å². The van der Waals surface area contributed by atoms with Gasteiger partial charge in [0.25, 0.3) is 0 Å². The van der Waals surface area contributed by atoms with Gasteiger partial charge in [-0.05, 0) is 43.7 Å². The minimum Gasteiger partial charge on any atom is -0.349 e. The van der Waals surface area contributed by atoms with Gasteiger partial charge in [0.1, 0.15) is 5.01 Å². The number of nitrogens with one attached hydrogen (secondary N) is 2. The fraction of sp³-hybridized carbons (Fsp3) is 0.733. The molecule has 2 aliphatic rings. The van der Waals surface area contributed by atoms with Crippen LogP contribution < -0.4 is 10.6 Å². The van der Waals surface area contributed by atoms with E-state index in [1.54, 1.807) is 11.3 Å². The summed E-state index contributed by atoms with van der Waals surface area (Å²) in [5.74, 6) is 0.930. The minimum absolute atomic E-state index is 0.230. The number of hydrogen-bond acceptors (Lipinski definition) is 4. The first-order valence-electron chi connectivity index (χ1n) is 7.53. The molecule has 1 amide bonds. The number of carbonyl (C=O) groups excluding carboxylic acids is 1. The highest BCUT2D eigenvalue weighted by Crippen LogP contribution is 2.58. The van der Waals surface area contributed by atoms with E-state index in [4.69, 9.17) is 0 Å². The highest BCUT2D eigenvalue weighted by Gasteiger charge is 2.57. The lowest BCUT2D eigenvalue weighted by Gasteiger charge is -2.23. The number of aromatic nitrogens is 1. The maximum Gasteiger partial charge on any atom is 0.224 e. The Bertz CT molecular complexity index is 491. The SMILES string of the molecule is CC(C)c1csc(CNC(=O)C2CC23CCNCC3)n1. The van der Waals surface area contributed by atoms with Crippen LogP contribution in [-0.2, 0) is 11.3 Å². The second-order valence-electron chi connectivity index (χ2n) is 6.41. The fourth-order valence-corrected chi connectivity index (χ4v) is 4.05. The lowest BCUT2D eigenvalue weighted by atomic mass is 9.92. The molecule has 3 rings (SSSR count). The summed E-state index contributed by atoms with van der Waals surface area (Å²) >= 11 is 1.64. The summed E-state index contributed by atoms with van der Waals surface area (Å²) in [5.41, 5.74) is 1.45. The monoisotopic (exact) mass is 293 g/mol. The molecule has 1 spiro atoms. The molecule has 1 aliphatic carbocycles. The molecule has 5 heteroatoms. The summed E-state index contributed by atoms with van der Waals surface area (Å²) in [6.45, 7) is 6.99. The van der Waals surface area contributed by atoms with E-state index in [1.807, 2.05) is 0 Å². The van der Waals surface area contributed by atoms with E-state index in [0.717, 1.165) is 43.1 Å². The Labute approximate surface area is 124 Å². The molecule has 0 radical (unpaired) electrons. The van der Waals surface area contributed by atoms with Gasteiger partial charge in [-0.1, -0.05) is 13.8 Å². The molecule has 1 unspecified atom stereocenters. The van der Waals surface area contributed by atoms with Crippen molar-refractivity contribution in [2.75, 3.05) is 13.1 Å². The fourth-order valence-electron chi connectivity index (χ4n) is 3.15. The first-order valence-corrected chi connectivity index (χ1v) is 8.41. The molecule has 110 valence electrons. The maximum absolute atomic E-state index is 12.2. The van der Waals surface area contributed by atoms with E-state index < -0.39 is 0 Å². The van der Waals surface area contributed by atoms with Gasteiger partial charge in [-0.3, -0.25) is 4.79 Å². The second kappa shape index (κ2) is 5.45. The third-order valence-electron chi connectivity index (χ3n) is 4.68. The van der Waals surface area contributed by atoms with Crippen LogP contribution in [0.3, 0.4) is 0 Å². The number of amides is 1. The van der Waals surface area contributed by atoms with Crippen molar-refractivity contribution in [3.63, 3.8) is 0 Å². The van der Waals surface area contributed by atoms with E-state index in [-0.39, 0.29) is 11.8 Å². The van der Waals surface area contributed by atoms with Gasteiger partial charge in [0.15, 0.2) is 0 Å². The predicted molar refractivity (Wildman–Crippen MR) is 80.7 cm³/mol. The van der Waals surface area contributed by atoms with E-state index in [0.29, 0.717) is 17.9 Å². The molecule has 0 aromatic carbocycles. The highest BCUT2D eigenvalue weighted by molar-refractivity contribution is 7.09. The molecular weight excluding hydrogens is 270 g/mol. The van der Waals surface area contributed by atoms with Crippen LogP contribution in [0, 0.1) is 11.3 Å². The molecule has 2 heterocycles. The zero-order valence-electron chi connectivity index (χ0n) is 12.2. The van der Waals surface area contributed by atoms with Crippen LogP contribution in [0.4, 0.5) is 0 Å². The van der Waals surface area contributed by atoms with E-state index in [2.05, 4.69) is 34.8 Å².